The first-order chi connectivity index (χ1) is 14.2. The molecule has 148 valence electrons. The molecule has 0 unspecified atom stereocenters. The Morgan fingerprint density at radius 1 is 0.931 bits per heavy atom. The predicted octanol–water partition coefficient (Wildman–Crippen LogP) is 3.49. The van der Waals surface area contributed by atoms with E-state index in [2.05, 4.69) is 16.0 Å². The van der Waals surface area contributed by atoms with Crippen LogP contribution in [0, 0.1) is 0 Å². The number of furan rings is 1. The highest BCUT2D eigenvalue weighted by Gasteiger charge is 2.21. The third kappa shape index (κ3) is 4.67. The van der Waals surface area contributed by atoms with Crippen LogP contribution in [0.3, 0.4) is 0 Å². The van der Waals surface area contributed by atoms with Crippen LogP contribution in [0.5, 0.6) is 11.5 Å². The number of amides is 3. The van der Waals surface area contributed by atoms with Crippen LogP contribution in [0.15, 0.2) is 71.3 Å². The van der Waals surface area contributed by atoms with E-state index in [-0.39, 0.29) is 30.3 Å². The molecule has 8 heteroatoms. The molecule has 0 bridgehead atoms. The maximum absolute atomic E-state index is 12.2. The van der Waals surface area contributed by atoms with E-state index < -0.39 is 0 Å². The molecule has 0 saturated heterocycles. The van der Waals surface area contributed by atoms with Crippen LogP contribution in [0.25, 0.3) is 0 Å². The minimum Gasteiger partial charge on any atom is -0.486 e. The molecular formula is C21H19N3O5. The number of rotatable bonds is 5. The van der Waals surface area contributed by atoms with Gasteiger partial charge in [-0.15, -0.1) is 0 Å². The van der Waals surface area contributed by atoms with E-state index in [4.69, 9.17) is 13.9 Å². The monoisotopic (exact) mass is 393 g/mol. The maximum atomic E-state index is 12.2. The largest absolute Gasteiger partial charge is 0.486 e. The van der Waals surface area contributed by atoms with Gasteiger partial charge in [-0.25, -0.2) is 4.79 Å². The second-order valence-electron chi connectivity index (χ2n) is 6.34. The Hall–Kier alpha value is -3.94. The molecule has 0 radical (unpaired) electrons. The normalized spacial score (nSPS) is 14.7. The van der Waals surface area contributed by atoms with Crippen LogP contribution in [0.1, 0.15) is 10.6 Å². The fourth-order valence-corrected chi connectivity index (χ4v) is 2.82. The van der Waals surface area contributed by atoms with Crippen molar-refractivity contribution in [2.24, 2.45) is 0 Å². The van der Waals surface area contributed by atoms with Gasteiger partial charge in [-0.2, -0.15) is 0 Å². The fraction of sp³-hybridized carbons (Fsp3) is 0.143. The molecule has 29 heavy (non-hydrogen) atoms. The highest BCUT2D eigenvalue weighted by molar-refractivity contribution is 6.02. The number of urea groups is 1. The zero-order chi connectivity index (χ0) is 20.1. The summed E-state index contributed by atoms with van der Waals surface area (Å²) in [6, 6.07) is 17.0. The predicted molar refractivity (Wildman–Crippen MR) is 106 cm³/mol. The quantitative estimate of drug-likeness (QED) is 0.616. The first kappa shape index (κ1) is 18.4. The Kier molecular flexibility index (Phi) is 5.33. The molecule has 3 amide bonds. The highest BCUT2D eigenvalue weighted by Crippen LogP contribution is 2.30. The average Bonchev–Trinajstić information content (AvgIpc) is 3.27. The number of hydrogen-bond donors (Lipinski definition) is 3. The molecule has 0 fully saturated rings. The minimum absolute atomic E-state index is 0.206. The summed E-state index contributed by atoms with van der Waals surface area (Å²) in [5.74, 6) is 1.19. The second kappa shape index (κ2) is 8.39. The maximum Gasteiger partial charge on any atom is 0.319 e. The zero-order valence-electron chi connectivity index (χ0n) is 15.4. The molecule has 3 aromatic rings. The third-order valence-corrected chi connectivity index (χ3v) is 4.18. The number of ether oxygens (including phenoxy) is 2. The van der Waals surface area contributed by atoms with E-state index >= 15 is 0 Å². The van der Waals surface area contributed by atoms with Crippen molar-refractivity contribution in [2.75, 3.05) is 23.8 Å². The minimum atomic E-state index is -0.387. The molecule has 1 aliphatic heterocycles. The SMILES string of the molecule is O=C(NC[C@H]1COc2ccccc2O1)Nc1cccc(NC(=O)c2ccco2)c1. The zero-order valence-corrected chi connectivity index (χ0v) is 15.4. The van der Waals surface area contributed by atoms with Crippen LogP contribution >= 0.6 is 0 Å². The molecular weight excluding hydrogens is 374 g/mol. The van der Waals surface area contributed by atoms with Gasteiger partial charge in [-0.05, 0) is 42.5 Å². The van der Waals surface area contributed by atoms with Gasteiger partial charge in [-0.1, -0.05) is 18.2 Å². The van der Waals surface area contributed by atoms with Crippen LogP contribution in [0.4, 0.5) is 16.2 Å². The van der Waals surface area contributed by atoms with Crippen molar-refractivity contribution in [1.29, 1.82) is 0 Å². The van der Waals surface area contributed by atoms with Crippen LogP contribution in [-0.4, -0.2) is 31.2 Å². The van der Waals surface area contributed by atoms with Gasteiger partial charge in [0.25, 0.3) is 5.91 Å². The number of anilines is 2. The number of benzene rings is 2. The lowest BCUT2D eigenvalue weighted by molar-refractivity contribution is 0.0922. The van der Waals surface area contributed by atoms with E-state index in [1.165, 1.54) is 6.26 Å². The van der Waals surface area contributed by atoms with Crippen LogP contribution < -0.4 is 25.4 Å². The van der Waals surface area contributed by atoms with Gasteiger partial charge in [0.2, 0.25) is 0 Å². The number of carbonyl (C=O) groups excluding carboxylic acids is 2. The summed E-state index contributed by atoms with van der Waals surface area (Å²) in [6.07, 6.45) is 1.14. The molecule has 8 nitrogen and oxygen atoms in total. The second-order valence-corrected chi connectivity index (χ2v) is 6.34. The van der Waals surface area contributed by atoms with Crippen molar-refractivity contribution in [3.63, 3.8) is 0 Å². The summed E-state index contributed by atoms with van der Waals surface area (Å²) in [5.41, 5.74) is 1.07. The molecule has 0 saturated carbocycles. The Labute approximate surface area is 166 Å². The number of hydrogen-bond acceptors (Lipinski definition) is 5. The molecule has 1 aromatic heterocycles. The average molecular weight is 393 g/mol. The number of nitrogens with one attached hydrogen (secondary N) is 3. The molecule has 0 aliphatic carbocycles. The highest BCUT2D eigenvalue weighted by atomic mass is 16.6. The molecule has 1 aliphatic rings. The third-order valence-electron chi connectivity index (χ3n) is 4.18. The summed E-state index contributed by atoms with van der Waals surface area (Å²) in [6.45, 7) is 0.640. The van der Waals surface area contributed by atoms with Gasteiger partial charge < -0.3 is 29.8 Å². The summed E-state index contributed by atoms with van der Waals surface area (Å²) < 4.78 is 16.5. The number of fused-ring (bicyclic) bond motifs is 1. The molecule has 2 aromatic carbocycles. The van der Waals surface area contributed by atoms with Gasteiger partial charge in [-0.3, -0.25) is 4.79 Å². The summed E-state index contributed by atoms with van der Waals surface area (Å²) in [7, 11) is 0. The van der Waals surface area contributed by atoms with Crippen molar-refractivity contribution >= 4 is 23.3 Å². The van der Waals surface area contributed by atoms with Crippen LogP contribution in [0.2, 0.25) is 0 Å². The van der Waals surface area contributed by atoms with Crippen molar-refractivity contribution in [3.8, 4) is 11.5 Å². The first-order valence-electron chi connectivity index (χ1n) is 9.05. The molecule has 4 rings (SSSR count). The summed E-state index contributed by atoms with van der Waals surface area (Å²) >= 11 is 0. The van der Waals surface area contributed by atoms with Crippen molar-refractivity contribution in [2.45, 2.75) is 6.10 Å². The Bertz CT molecular complexity index is 1000. The van der Waals surface area contributed by atoms with Gasteiger partial charge in [0.1, 0.15) is 6.61 Å². The van der Waals surface area contributed by atoms with Crippen molar-refractivity contribution < 1.29 is 23.5 Å². The first-order valence-corrected chi connectivity index (χ1v) is 9.05. The van der Waals surface area contributed by atoms with Gasteiger partial charge in [0.15, 0.2) is 23.4 Å². The summed E-state index contributed by atoms with van der Waals surface area (Å²) in [5, 5.41) is 8.19. The van der Waals surface area contributed by atoms with E-state index in [9.17, 15) is 9.59 Å². The smallest absolute Gasteiger partial charge is 0.319 e. The van der Waals surface area contributed by atoms with E-state index in [0.29, 0.717) is 29.5 Å². The lowest BCUT2D eigenvalue weighted by Gasteiger charge is -2.26. The lowest BCUT2D eigenvalue weighted by Crippen LogP contribution is -2.42. The number of carbonyl (C=O) groups is 2. The standard InChI is InChI=1S/C21H19N3O5/c25-20(19-9-4-10-27-19)23-14-5-3-6-15(11-14)24-21(26)22-12-16-13-28-17-7-1-2-8-18(17)29-16/h1-11,16H,12-13H2,(H,23,25)(H2,22,24,26)/t16-/m0/s1. The molecule has 2 heterocycles. The molecule has 3 N–H and O–H groups in total. The molecule has 0 spiro atoms. The van der Waals surface area contributed by atoms with Crippen molar-refractivity contribution in [3.05, 3.63) is 72.7 Å². The topological polar surface area (TPSA) is 102 Å². The van der Waals surface area contributed by atoms with E-state index in [1.807, 2.05) is 24.3 Å². The van der Waals surface area contributed by atoms with Crippen LogP contribution in [-0.2, 0) is 0 Å². The van der Waals surface area contributed by atoms with E-state index in [0.717, 1.165) is 0 Å². The molecule has 1 atom stereocenters. The Morgan fingerprint density at radius 3 is 2.52 bits per heavy atom. The Morgan fingerprint density at radius 2 is 1.72 bits per heavy atom. The number of para-hydroxylation sites is 2. The van der Waals surface area contributed by atoms with Gasteiger partial charge in [0, 0.05) is 11.4 Å². The lowest BCUT2D eigenvalue weighted by atomic mass is 10.2. The van der Waals surface area contributed by atoms with E-state index in [1.54, 1.807) is 36.4 Å². The Balaban J connectivity index is 1.28. The summed E-state index contributed by atoms with van der Waals surface area (Å²) in [4.78, 5) is 24.2. The van der Waals surface area contributed by atoms with Gasteiger partial charge in [0.05, 0.1) is 12.8 Å². The van der Waals surface area contributed by atoms with Gasteiger partial charge >= 0.3 is 6.03 Å². The van der Waals surface area contributed by atoms with Crippen molar-refractivity contribution in [1.82, 2.24) is 5.32 Å². The fourth-order valence-electron chi connectivity index (χ4n) is 2.82.